The lowest BCUT2D eigenvalue weighted by Crippen LogP contribution is -2.41. The minimum atomic E-state index is -0.654. The molecular weight excluding hydrogens is 364 g/mol. The number of nitrogens with zero attached hydrogens (tertiary/aromatic N) is 2. The molecule has 1 unspecified atom stereocenters. The van der Waals surface area contributed by atoms with E-state index in [0.29, 0.717) is 31.9 Å². The van der Waals surface area contributed by atoms with Gasteiger partial charge in [-0.3, -0.25) is 4.79 Å². The molecule has 2 aromatic carbocycles. The molecule has 1 fully saturated rings. The second kappa shape index (κ2) is 7.58. The summed E-state index contributed by atoms with van der Waals surface area (Å²) in [6, 6.07) is 11.0. The van der Waals surface area contributed by atoms with E-state index in [1.165, 1.54) is 12.1 Å². The van der Waals surface area contributed by atoms with Crippen LogP contribution in [0.5, 0.6) is 0 Å². The second-order valence-corrected chi connectivity index (χ2v) is 7.12. The fourth-order valence-electron chi connectivity index (χ4n) is 3.59. The average Bonchev–Trinajstić information content (AvgIpc) is 3.12. The molecule has 1 amide bonds. The first-order valence-electron chi connectivity index (χ1n) is 9.37. The van der Waals surface area contributed by atoms with E-state index in [2.05, 4.69) is 10.3 Å². The molecule has 0 aliphatic carbocycles. The van der Waals surface area contributed by atoms with Crippen LogP contribution in [0.15, 0.2) is 46.9 Å². The predicted molar refractivity (Wildman–Crippen MR) is 102 cm³/mol. The van der Waals surface area contributed by atoms with Crippen molar-refractivity contribution in [3.05, 3.63) is 59.7 Å². The van der Waals surface area contributed by atoms with Crippen LogP contribution in [-0.4, -0.2) is 24.0 Å². The Bertz CT molecular complexity index is 963. The van der Waals surface area contributed by atoms with Crippen LogP contribution in [0.1, 0.15) is 31.4 Å². The minimum Gasteiger partial charge on any atom is -0.423 e. The molecule has 28 heavy (non-hydrogen) atoms. The molecule has 0 bridgehead atoms. The number of halogens is 2. The average molecular weight is 385 g/mol. The molecule has 1 saturated heterocycles. The minimum absolute atomic E-state index is 0.117. The summed E-state index contributed by atoms with van der Waals surface area (Å²) in [5.74, 6) is -1.56. The van der Waals surface area contributed by atoms with Crippen molar-refractivity contribution in [2.24, 2.45) is 5.92 Å². The molecule has 0 radical (unpaired) electrons. The Labute approximate surface area is 161 Å². The summed E-state index contributed by atoms with van der Waals surface area (Å²) >= 11 is 0. The van der Waals surface area contributed by atoms with Gasteiger partial charge in [-0.25, -0.2) is 8.78 Å². The summed E-state index contributed by atoms with van der Waals surface area (Å²) in [5.41, 5.74) is 1.83. The van der Waals surface area contributed by atoms with Crippen LogP contribution in [0, 0.1) is 17.6 Å². The van der Waals surface area contributed by atoms with Crippen molar-refractivity contribution in [2.45, 2.75) is 25.8 Å². The van der Waals surface area contributed by atoms with Crippen LogP contribution in [0.3, 0.4) is 0 Å². The zero-order chi connectivity index (χ0) is 19.7. The molecule has 1 atom stereocenters. The number of para-hydroxylation sites is 2. The van der Waals surface area contributed by atoms with E-state index in [0.717, 1.165) is 17.2 Å². The molecule has 0 spiro atoms. The smallest absolute Gasteiger partial charge is 0.298 e. The molecule has 146 valence electrons. The standard InChI is InChI=1S/C21H21F2N3O2/c1-13(16-7-6-15(22)12-17(16)23)24-20(27)14-8-10-26(11-9-14)21-25-18-4-2-3-5-19(18)28-21/h2-7,12-14H,8-11H2,1H3,(H,24,27). The zero-order valence-electron chi connectivity index (χ0n) is 15.5. The number of hydrogen-bond donors (Lipinski definition) is 1. The lowest BCUT2D eigenvalue weighted by atomic mass is 9.95. The molecule has 4 rings (SSSR count). The third kappa shape index (κ3) is 3.69. The predicted octanol–water partition coefficient (Wildman–Crippen LogP) is 4.20. The highest BCUT2D eigenvalue weighted by molar-refractivity contribution is 5.79. The molecule has 0 saturated carbocycles. The Kier molecular flexibility index (Phi) is 4.98. The Morgan fingerprint density at radius 3 is 2.68 bits per heavy atom. The van der Waals surface area contributed by atoms with Crippen molar-refractivity contribution in [1.82, 2.24) is 10.3 Å². The van der Waals surface area contributed by atoms with Crippen molar-refractivity contribution in [2.75, 3.05) is 18.0 Å². The molecular formula is C21H21F2N3O2. The van der Waals surface area contributed by atoms with E-state index in [1.807, 2.05) is 29.2 Å². The first kappa shape index (κ1) is 18.4. The number of anilines is 1. The van der Waals surface area contributed by atoms with E-state index in [1.54, 1.807) is 6.92 Å². The molecule has 1 N–H and O–H groups in total. The number of aromatic nitrogens is 1. The number of benzene rings is 2. The van der Waals surface area contributed by atoms with Gasteiger partial charge < -0.3 is 14.6 Å². The van der Waals surface area contributed by atoms with Gasteiger partial charge in [0.15, 0.2) is 5.58 Å². The van der Waals surface area contributed by atoms with Crippen molar-refractivity contribution >= 4 is 23.0 Å². The Hall–Kier alpha value is -2.96. The van der Waals surface area contributed by atoms with Crippen LogP contribution in [0.4, 0.5) is 14.8 Å². The van der Waals surface area contributed by atoms with Crippen molar-refractivity contribution < 1.29 is 18.0 Å². The Morgan fingerprint density at radius 1 is 1.21 bits per heavy atom. The summed E-state index contributed by atoms with van der Waals surface area (Å²) < 4.78 is 32.8. The second-order valence-electron chi connectivity index (χ2n) is 7.12. The third-order valence-corrected chi connectivity index (χ3v) is 5.21. The largest absolute Gasteiger partial charge is 0.423 e. The maximum absolute atomic E-state index is 13.9. The van der Waals surface area contributed by atoms with E-state index >= 15 is 0 Å². The summed E-state index contributed by atoms with van der Waals surface area (Å²) in [6.07, 6.45) is 1.31. The molecule has 5 nitrogen and oxygen atoms in total. The number of amides is 1. The van der Waals surface area contributed by atoms with Gasteiger partial charge in [-0.05, 0) is 38.0 Å². The van der Waals surface area contributed by atoms with Crippen LogP contribution in [-0.2, 0) is 4.79 Å². The first-order valence-corrected chi connectivity index (χ1v) is 9.37. The summed E-state index contributed by atoms with van der Waals surface area (Å²) in [5, 5.41) is 2.84. The monoisotopic (exact) mass is 385 g/mol. The molecule has 2 heterocycles. The highest BCUT2D eigenvalue weighted by Crippen LogP contribution is 2.27. The van der Waals surface area contributed by atoms with E-state index in [-0.39, 0.29) is 17.4 Å². The number of fused-ring (bicyclic) bond motifs is 1. The van der Waals surface area contributed by atoms with Gasteiger partial charge in [-0.1, -0.05) is 18.2 Å². The number of rotatable bonds is 4. The van der Waals surface area contributed by atoms with Gasteiger partial charge in [0.1, 0.15) is 17.2 Å². The van der Waals surface area contributed by atoms with Gasteiger partial charge in [-0.2, -0.15) is 4.98 Å². The number of oxazole rings is 1. The fourth-order valence-corrected chi connectivity index (χ4v) is 3.59. The number of carbonyl (C=O) groups is 1. The van der Waals surface area contributed by atoms with Crippen LogP contribution in [0.25, 0.3) is 11.1 Å². The van der Waals surface area contributed by atoms with Gasteiger partial charge in [0.2, 0.25) is 5.91 Å². The van der Waals surface area contributed by atoms with Crippen LogP contribution in [0.2, 0.25) is 0 Å². The van der Waals surface area contributed by atoms with Crippen LogP contribution >= 0.6 is 0 Å². The summed E-state index contributed by atoms with van der Waals surface area (Å²) in [4.78, 5) is 19.1. The Balaban J connectivity index is 1.35. The summed E-state index contributed by atoms with van der Waals surface area (Å²) in [6.45, 7) is 3.01. The molecule has 1 aliphatic heterocycles. The normalized spacial score (nSPS) is 16.3. The quantitative estimate of drug-likeness (QED) is 0.731. The topological polar surface area (TPSA) is 58.4 Å². The molecule has 1 aromatic heterocycles. The number of piperidine rings is 1. The number of hydrogen-bond acceptors (Lipinski definition) is 4. The zero-order valence-corrected chi connectivity index (χ0v) is 15.5. The highest BCUT2D eigenvalue weighted by Gasteiger charge is 2.28. The third-order valence-electron chi connectivity index (χ3n) is 5.21. The van der Waals surface area contributed by atoms with Crippen molar-refractivity contribution in [3.63, 3.8) is 0 Å². The van der Waals surface area contributed by atoms with Gasteiger partial charge in [0.25, 0.3) is 6.01 Å². The lowest BCUT2D eigenvalue weighted by molar-refractivity contribution is -0.126. The molecule has 1 aliphatic rings. The van der Waals surface area contributed by atoms with Crippen molar-refractivity contribution in [3.8, 4) is 0 Å². The maximum atomic E-state index is 13.9. The number of carbonyl (C=O) groups excluding carboxylic acids is 1. The highest BCUT2D eigenvalue weighted by atomic mass is 19.1. The van der Waals surface area contributed by atoms with Gasteiger partial charge in [0, 0.05) is 30.6 Å². The number of nitrogens with one attached hydrogen (secondary N) is 1. The first-order chi connectivity index (χ1) is 13.5. The van der Waals surface area contributed by atoms with Crippen LogP contribution < -0.4 is 10.2 Å². The van der Waals surface area contributed by atoms with Crippen molar-refractivity contribution in [1.29, 1.82) is 0 Å². The molecule has 7 heteroatoms. The van der Waals surface area contributed by atoms with E-state index in [9.17, 15) is 13.6 Å². The van der Waals surface area contributed by atoms with E-state index < -0.39 is 17.7 Å². The fraction of sp³-hybridized carbons (Fsp3) is 0.333. The van der Waals surface area contributed by atoms with E-state index in [4.69, 9.17) is 4.42 Å². The van der Waals surface area contributed by atoms with Gasteiger partial charge in [0.05, 0.1) is 6.04 Å². The van der Waals surface area contributed by atoms with Gasteiger partial charge >= 0.3 is 0 Å². The SMILES string of the molecule is CC(NC(=O)C1CCN(c2nc3ccccc3o2)CC1)c1ccc(F)cc1F. The Morgan fingerprint density at radius 2 is 1.96 bits per heavy atom. The lowest BCUT2D eigenvalue weighted by Gasteiger charge is -2.30. The van der Waals surface area contributed by atoms with Gasteiger partial charge in [-0.15, -0.1) is 0 Å². The summed E-state index contributed by atoms with van der Waals surface area (Å²) in [7, 11) is 0. The maximum Gasteiger partial charge on any atom is 0.298 e. The molecule has 3 aromatic rings.